The van der Waals surface area contributed by atoms with Gasteiger partial charge in [-0.05, 0) is 141 Å². The first-order valence-electron chi connectivity index (χ1n) is 40.1. The molecule has 0 aromatic carbocycles. The highest BCUT2D eigenvalue weighted by Crippen LogP contribution is 2.45. The molecule has 0 saturated carbocycles. The zero-order valence-corrected chi connectivity index (χ0v) is 66.7. The minimum atomic E-state index is -5.00. The van der Waals surface area contributed by atoms with Crippen LogP contribution in [0.4, 0.5) is 0 Å². The molecule has 0 saturated heterocycles. The Hall–Kier alpha value is -5.06. The monoisotopic (exact) mass is 1500 g/mol. The van der Waals surface area contributed by atoms with Crippen LogP contribution in [0.15, 0.2) is 146 Å². The van der Waals surface area contributed by atoms with Crippen molar-refractivity contribution < 1.29 is 80.2 Å². The lowest BCUT2D eigenvalue weighted by molar-refractivity contribution is -0.161. The van der Waals surface area contributed by atoms with Gasteiger partial charge in [0.15, 0.2) is 12.2 Å². The first-order valence-corrected chi connectivity index (χ1v) is 43.1. The van der Waals surface area contributed by atoms with Crippen molar-refractivity contribution in [1.82, 2.24) is 0 Å². The number of rotatable bonds is 74. The van der Waals surface area contributed by atoms with Crippen LogP contribution in [0.1, 0.15) is 310 Å². The maximum Gasteiger partial charge on any atom is 0.472 e. The standard InChI is InChI=1S/C85H142O17P2/c1-5-9-13-17-21-25-29-33-37-39-43-46-50-54-58-62-66-70-83(88)96-76-81(102-85(90)72-68-64-60-56-52-48-44-40-38-34-30-26-22-18-14-10-6-2)78-100-104(93,94)98-74-79(86)73-97-103(91,92)99-77-80(101-84(89)71-67-63-59-55-51-47-42-36-32-28-24-20-16-12-8-4)75-95-82(87)69-65-61-57-53-49-45-41-35-31-27-23-19-15-11-7-3/h9-11,13-15,21-23,25-27,33-38,41-42,49,53,61,65,79-81,86H,5-8,12,16-20,24,28-32,39-40,43-48,50-52,54-60,62-64,66-78H2,1-4H3,(H,91,92)(H,93,94)/b13-9-,14-10-,15-11-,25-21-,26-22-,27-23-,37-33-,38-34-,41-35-,42-36-,53-49-,65-61-. The van der Waals surface area contributed by atoms with Crippen LogP contribution >= 0.6 is 15.6 Å². The van der Waals surface area contributed by atoms with E-state index in [-0.39, 0.29) is 25.7 Å². The van der Waals surface area contributed by atoms with E-state index in [4.69, 9.17) is 37.0 Å². The van der Waals surface area contributed by atoms with Crippen LogP contribution in [0, 0.1) is 0 Å². The summed E-state index contributed by atoms with van der Waals surface area (Å²) in [5.41, 5.74) is 0. The van der Waals surface area contributed by atoms with E-state index in [1.165, 1.54) is 38.5 Å². The number of hydrogen-bond donors (Lipinski definition) is 3. The van der Waals surface area contributed by atoms with Gasteiger partial charge in [-0.1, -0.05) is 289 Å². The first-order chi connectivity index (χ1) is 50.7. The molecule has 3 N–H and O–H groups in total. The number of aliphatic hydroxyl groups is 1. The molecule has 0 aromatic rings. The molecule has 0 rings (SSSR count). The van der Waals surface area contributed by atoms with Crippen molar-refractivity contribution in [1.29, 1.82) is 0 Å². The molecule has 0 aliphatic rings. The molecule has 104 heavy (non-hydrogen) atoms. The summed E-state index contributed by atoms with van der Waals surface area (Å²) in [5, 5.41) is 10.6. The number of carbonyl (C=O) groups is 4. The van der Waals surface area contributed by atoms with Gasteiger partial charge >= 0.3 is 39.5 Å². The Balaban J connectivity index is 5.45. The number of carbonyl (C=O) groups excluding carboxylic acids is 4. The predicted molar refractivity (Wildman–Crippen MR) is 427 cm³/mol. The summed E-state index contributed by atoms with van der Waals surface area (Å²) in [4.78, 5) is 73.0. The highest BCUT2D eigenvalue weighted by atomic mass is 31.2. The number of esters is 4. The number of aliphatic hydroxyl groups excluding tert-OH is 1. The van der Waals surface area contributed by atoms with Gasteiger partial charge in [0.2, 0.25) is 0 Å². The third-order valence-corrected chi connectivity index (χ3v) is 18.2. The van der Waals surface area contributed by atoms with Crippen LogP contribution in [-0.2, 0) is 65.4 Å². The van der Waals surface area contributed by atoms with Crippen molar-refractivity contribution in [3.63, 3.8) is 0 Å². The fourth-order valence-corrected chi connectivity index (χ4v) is 11.9. The highest BCUT2D eigenvalue weighted by molar-refractivity contribution is 7.47. The molecule has 0 fully saturated rings. The summed E-state index contributed by atoms with van der Waals surface area (Å²) >= 11 is 0. The van der Waals surface area contributed by atoms with E-state index in [2.05, 4.69) is 149 Å². The molecule has 0 aliphatic carbocycles. The van der Waals surface area contributed by atoms with Crippen LogP contribution < -0.4 is 0 Å². The smallest absolute Gasteiger partial charge is 0.462 e. The number of phosphoric ester groups is 2. The van der Waals surface area contributed by atoms with Gasteiger partial charge in [0.05, 0.1) is 32.8 Å². The van der Waals surface area contributed by atoms with E-state index < -0.39 is 97.5 Å². The summed E-state index contributed by atoms with van der Waals surface area (Å²) in [7, 11) is -10.00. The lowest BCUT2D eigenvalue weighted by atomic mass is 10.1. The summed E-state index contributed by atoms with van der Waals surface area (Å²) in [6.45, 7) is 4.40. The minimum Gasteiger partial charge on any atom is -0.462 e. The minimum absolute atomic E-state index is 0.0626. The SMILES string of the molecule is CC/C=C\C/C=C\C/C=C\C/C=C\C/C=C\CC(=O)OCC(COP(=O)(O)OCC(O)COP(=O)(O)OCC(COC(=O)CCCCCCCCC/C=C\C/C=C\C/C=C\CC)OC(=O)CCCCCCCCC/C=C\C/C=C\C/C=C\CC)OC(=O)CCCCCCC/C=C\CCCCCCCC. The Kier molecular flexibility index (Phi) is 72.4. The fourth-order valence-electron chi connectivity index (χ4n) is 10.3. The molecule has 5 unspecified atom stereocenters. The van der Waals surface area contributed by atoms with Gasteiger partial charge in [-0.25, -0.2) is 9.13 Å². The maximum atomic E-state index is 13.1. The Morgan fingerprint density at radius 2 is 0.538 bits per heavy atom. The average molecular weight is 1500 g/mol. The van der Waals surface area contributed by atoms with E-state index in [0.29, 0.717) is 25.7 Å². The Morgan fingerprint density at radius 1 is 0.288 bits per heavy atom. The molecule has 5 atom stereocenters. The zero-order chi connectivity index (χ0) is 76.0. The molecule has 19 heteroatoms. The second-order valence-corrected chi connectivity index (χ2v) is 29.1. The Morgan fingerprint density at radius 3 is 0.865 bits per heavy atom. The number of allylic oxidation sites excluding steroid dienone is 23. The number of ether oxygens (including phenoxy) is 4. The lowest BCUT2D eigenvalue weighted by Crippen LogP contribution is -2.30. The molecule has 0 amide bonds. The molecule has 0 heterocycles. The van der Waals surface area contributed by atoms with Gasteiger partial charge in [0.25, 0.3) is 0 Å². The van der Waals surface area contributed by atoms with Crippen molar-refractivity contribution in [2.75, 3.05) is 39.6 Å². The van der Waals surface area contributed by atoms with E-state index in [1.54, 1.807) is 6.08 Å². The number of unbranched alkanes of at least 4 members (excludes halogenated alkanes) is 25. The van der Waals surface area contributed by atoms with Gasteiger partial charge in [-0.15, -0.1) is 0 Å². The van der Waals surface area contributed by atoms with Crippen LogP contribution in [-0.4, -0.2) is 96.7 Å². The van der Waals surface area contributed by atoms with Crippen LogP contribution in [0.5, 0.6) is 0 Å². The summed E-state index contributed by atoms with van der Waals surface area (Å²) in [6, 6.07) is 0. The first kappa shape index (κ1) is 98.9. The van der Waals surface area contributed by atoms with Gasteiger partial charge < -0.3 is 33.8 Å². The van der Waals surface area contributed by atoms with Crippen LogP contribution in [0.2, 0.25) is 0 Å². The van der Waals surface area contributed by atoms with Gasteiger partial charge in [0, 0.05) is 19.3 Å². The summed E-state index contributed by atoms with van der Waals surface area (Å²) < 4.78 is 68.5. The van der Waals surface area contributed by atoms with Gasteiger partial charge in [0.1, 0.15) is 19.3 Å². The largest absolute Gasteiger partial charge is 0.472 e. The Bertz CT molecular complexity index is 2540. The van der Waals surface area contributed by atoms with E-state index in [0.717, 1.165) is 193 Å². The predicted octanol–water partition coefficient (Wildman–Crippen LogP) is 23.4. The molecule has 0 spiro atoms. The number of hydrogen-bond acceptors (Lipinski definition) is 15. The maximum absolute atomic E-state index is 13.1. The molecular weight excluding hydrogens is 1350 g/mol. The second-order valence-electron chi connectivity index (χ2n) is 26.2. The van der Waals surface area contributed by atoms with E-state index >= 15 is 0 Å². The molecule has 594 valence electrons. The van der Waals surface area contributed by atoms with Crippen molar-refractivity contribution in [3.05, 3.63) is 146 Å². The molecular formula is C85H142O17P2. The summed E-state index contributed by atoms with van der Waals surface area (Å²) in [6.07, 6.45) is 87.1. The third-order valence-electron chi connectivity index (χ3n) is 16.3. The molecule has 0 aromatic heterocycles. The van der Waals surface area contributed by atoms with Crippen LogP contribution in [0.3, 0.4) is 0 Å². The molecule has 17 nitrogen and oxygen atoms in total. The molecule has 0 radical (unpaired) electrons. The van der Waals surface area contributed by atoms with E-state index in [9.17, 15) is 43.2 Å². The van der Waals surface area contributed by atoms with Crippen molar-refractivity contribution >= 4 is 39.5 Å². The van der Waals surface area contributed by atoms with Gasteiger partial charge in [-0.3, -0.25) is 37.3 Å². The van der Waals surface area contributed by atoms with Crippen molar-refractivity contribution in [2.45, 2.75) is 329 Å². The van der Waals surface area contributed by atoms with E-state index in [1.807, 2.05) is 18.2 Å². The molecule has 0 aliphatic heterocycles. The highest BCUT2D eigenvalue weighted by Gasteiger charge is 2.30. The third kappa shape index (κ3) is 75.2. The Labute approximate surface area is 630 Å². The van der Waals surface area contributed by atoms with Crippen molar-refractivity contribution in [3.8, 4) is 0 Å². The quantitative estimate of drug-likeness (QED) is 0.0169. The van der Waals surface area contributed by atoms with Crippen LogP contribution in [0.25, 0.3) is 0 Å². The average Bonchev–Trinajstić information content (AvgIpc) is 0.926. The number of phosphoric acid groups is 2. The van der Waals surface area contributed by atoms with Gasteiger partial charge in [-0.2, -0.15) is 0 Å². The second kappa shape index (κ2) is 76.1. The lowest BCUT2D eigenvalue weighted by Gasteiger charge is -2.21. The molecule has 0 bridgehead atoms. The fraction of sp³-hybridized carbons (Fsp3) is 0.671. The zero-order valence-electron chi connectivity index (χ0n) is 64.9. The normalized spacial score (nSPS) is 14.6. The summed E-state index contributed by atoms with van der Waals surface area (Å²) in [5.74, 6) is -2.35. The topological polar surface area (TPSA) is 237 Å². The van der Waals surface area contributed by atoms with Crippen molar-refractivity contribution in [2.24, 2.45) is 0 Å².